The van der Waals surface area contributed by atoms with Crippen LogP contribution in [0, 0.1) is 0 Å². The molecule has 2 aliphatic heterocycles. The van der Waals surface area contributed by atoms with E-state index in [0.29, 0.717) is 24.2 Å². The Hall–Kier alpha value is -2.86. The molecule has 0 bridgehead atoms. The van der Waals surface area contributed by atoms with Crippen molar-refractivity contribution in [2.24, 2.45) is 0 Å². The molecular formula is C27H34N4O2. The molecule has 2 fully saturated rings. The number of benzene rings is 2. The maximum atomic E-state index is 13.0. The molecule has 1 atom stereocenters. The first-order valence-corrected chi connectivity index (χ1v) is 12.3. The van der Waals surface area contributed by atoms with E-state index in [-0.39, 0.29) is 11.9 Å². The fourth-order valence-electron chi connectivity index (χ4n) is 5.34. The standard InChI is InChI=1S/C27H34N4O2/c1-29-15-17-31(18-16-29)26-4-2-3-20-5-8-22(19-25(20)26)28-27(33)21-6-9-23(10-7-21)30-13-11-24(32)12-14-30/h2-4,6-7,9-10,22H,5,8,11-19H2,1H3,(H,28,33). The Balaban J connectivity index is 1.23. The Kier molecular flexibility index (Phi) is 6.36. The summed E-state index contributed by atoms with van der Waals surface area (Å²) >= 11 is 0. The molecule has 1 N–H and O–H groups in total. The number of hydrogen-bond acceptors (Lipinski definition) is 5. The maximum absolute atomic E-state index is 13.0. The van der Waals surface area contributed by atoms with Crippen molar-refractivity contribution in [3.05, 3.63) is 59.2 Å². The number of aryl methyl sites for hydroxylation is 1. The molecule has 2 aromatic carbocycles. The Labute approximate surface area is 196 Å². The molecule has 174 valence electrons. The van der Waals surface area contributed by atoms with Crippen molar-refractivity contribution in [2.45, 2.75) is 38.1 Å². The summed E-state index contributed by atoms with van der Waals surface area (Å²) in [4.78, 5) is 31.6. The van der Waals surface area contributed by atoms with Gasteiger partial charge in [0.05, 0.1) is 0 Å². The molecule has 0 aromatic heterocycles. The highest BCUT2D eigenvalue weighted by Crippen LogP contribution is 2.31. The smallest absolute Gasteiger partial charge is 0.251 e. The van der Waals surface area contributed by atoms with E-state index in [2.05, 4.69) is 45.3 Å². The summed E-state index contributed by atoms with van der Waals surface area (Å²) in [5.41, 5.74) is 5.98. The van der Waals surface area contributed by atoms with Gasteiger partial charge in [-0.05, 0) is 67.8 Å². The number of likely N-dealkylation sites (N-methyl/N-ethyl adjacent to an activating group) is 1. The van der Waals surface area contributed by atoms with Crippen LogP contribution in [-0.4, -0.2) is 68.9 Å². The molecule has 33 heavy (non-hydrogen) atoms. The lowest BCUT2D eigenvalue weighted by Gasteiger charge is -2.37. The lowest BCUT2D eigenvalue weighted by Crippen LogP contribution is -2.45. The number of piperidine rings is 1. The lowest BCUT2D eigenvalue weighted by atomic mass is 9.86. The van der Waals surface area contributed by atoms with E-state index in [1.165, 1.54) is 16.8 Å². The van der Waals surface area contributed by atoms with Crippen molar-refractivity contribution in [3.63, 3.8) is 0 Å². The first-order valence-electron chi connectivity index (χ1n) is 12.3. The topological polar surface area (TPSA) is 55.9 Å². The number of Topliss-reactive ketones (excluding diaryl/α,β-unsaturated/α-hetero) is 1. The van der Waals surface area contributed by atoms with Crippen LogP contribution in [0.3, 0.4) is 0 Å². The molecule has 6 nitrogen and oxygen atoms in total. The SMILES string of the molecule is CN1CCN(c2cccc3c2CC(NC(=O)c2ccc(N4CCC(=O)CC4)cc2)CC3)CC1. The van der Waals surface area contributed by atoms with Gasteiger partial charge in [-0.25, -0.2) is 0 Å². The first-order chi connectivity index (χ1) is 16.1. The van der Waals surface area contributed by atoms with Crippen LogP contribution in [0.4, 0.5) is 11.4 Å². The minimum atomic E-state index is 0.000834. The number of carbonyl (C=O) groups is 2. The van der Waals surface area contributed by atoms with Crippen LogP contribution < -0.4 is 15.1 Å². The normalized spacial score (nSPS) is 21.6. The van der Waals surface area contributed by atoms with E-state index in [1.54, 1.807) is 0 Å². The number of piperazine rings is 1. The van der Waals surface area contributed by atoms with E-state index in [9.17, 15) is 9.59 Å². The van der Waals surface area contributed by atoms with E-state index in [4.69, 9.17) is 0 Å². The van der Waals surface area contributed by atoms with Gasteiger partial charge in [-0.2, -0.15) is 0 Å². The molecule has 2 heterocycles. The molecule has 0 saturated carbocycles. The third-order valence-electron chi connectivity index (χ3n) is 7.46. The Morgan fingerprint density at radius 1 is 0.879 bits per heavy atom. The summed E-state index contributed by atoms with van der Waals surface area (Å²) in [6.45, 7) is 5.83. The summed E-state index contributed by atoms with van der Waals surface area (Å²) in [7, 11) is 2.18. The zero-order valence-corrected chi connectivity index (χ0v) is 19.6. The molecule has 0 spiro atoms. The number of carbonyl (C=O) groups excluding carboxylic acids is 2. The molecule has 3 aliphatic rings. The highest BCUT2D eigenvalue weighted by molar-refractivity contribution is 5.94. The molecule has 2 saturated heterocycles. The van der Waals surface area contributed by atoms with Gasteiger partial charge in [-0.1, -0.05) is 12.1 Å². The number of rotatable bonds is 4. The van der Waals surface area contributed by atoms with Crippen LogP contribution >= 0.6 is 0 Å². The van der Waals surface area contributed by atoms with E-state index >= 15 is 0 Å². The van der Waals surface area contributed by atoms with Gasteiger partial charge in [0.2, 0.25) is 0 Å². The second-order valence-corrected chi connectivity index (χ2v) is 9.69. The third kappa shape index (κ3) is 4.91. The second kappa shape index (κ2) is 9.56. The van der Waals surface area contributed by atoms with E-state index in [0.717, 1.165) is 64.2 Å². The summed E-state index contributed by atoms with van der Waals surface area (Å²) < 4.78 is 0. The molecule has 5 rings (SSSR count). The average Bonchev–Trinajstić information content (AvgIpc) is 2.85. The predicted octanol–water partition coefficient (Wildman–Crippen LogP) is 2.90. The number of ketones is 1. The lowest BCUT2D eigenvalue weighted by molar-refractivity contribution is -0.119. The highest BCUT2D eigenvalue weighted by atomic mass is 16.1. The van der Waals surface area contributed by atoms with E-state index < -0.39 is 0 Å². The highest BCUT2D eigenvalue weighted by Gasteiger charge is 2.26. The van der Waals surface area contributed by atoms with Crippen LogP contribution in [0.25, 0.3) is 0 Å². The quantitative estimate of drug-likeness (QED) is 0.783. The largest absolute Gasteiger partial charge is 0.371 e. The molecule has 2 aromatic rings. The monoisotopic (exact) mass is 446 g/mol. The van der Waals surface area contributed by atoms with Crippen LogP contribution in [0.15, 0.2) is 42.5 Å². The second-order valence-electron chi connectivity index (χ2n) is 9.69. The van der Waals surface area contributed by atoms with Crippen LogP contribution in [-0.2, 0) is 17.6 Å². The summed E-state index contributed by atoms with van der Waals surface area (Å²) in [5.74, 6) is 0.341. The minimum Gasteiger partial charge on any atom is -0.371 e. The summed E-state index contributed by atoms with van der Waals surface area (Å²) in [5, 5.41) is 3.29. The van der Waals surface area contributed by atoms with Crippen molar-refractivity contribution >= 4 is 23.1 Å². The van der Waals surface area contributed by atoms with Gasteiger partial charge in [0.15, 0.2) is 0 Å². The van der Waals surface area contributed by atoms with E-state index in [1.807, 2.05) is 24.3 Å². The van der Waals surface area contributed by atoms with Crippen molar-refractivity contribution in [1.82, 2.24) is 10.2 Å². The van der Waals surface area contributed by atoms with Crippen molar-refractivity contribution < 1.29 is 9.59 Å². The first kappa shape index (κ1) is 22.0. The minimum absolute atomic E-state index is 0.000834. The number of fused-ring (bicyclic) bond motifs is 1. The fourth-order valence-corrected chi connectivity index (χ4v) is 5.34. The zero-order valence-electron chi connectivity index (χ0n) is 19.6. The Bertz CT molecular complexity index is 1000. The van der Waals surface area contributed by atoms with Gasteiger partial charge < -0.3 is 20.0 Å². The molecule has 1 unspecified atom stereocenters. The molecule has 6 heteroatoms. The Morgan fingerprint density at radius 3 is 2.33 bits per heavy atom. The zero-order chi connectivity index (χ0) is 22.8. The number of hydrogen-bond donors (Lipinski definition) is 1. The summed E-state index contributed by atoms with van der Waals surface area (Å²) in [6, 6.07) is 14.7. The summed E-state index contributed by atoms with van der Waals surface area (Å²) in [6.07, 6.45) is 4.10. The number of nitrogens with one attached hydrogen (secondary N) is 1. The van der Waals surface area contributed by atoms with Crippen LogP contribution in [0.5, 0.6) is 0 Å². The molecular weight excluding hydrogens is 412 g/mol. The van der Waals surface area contributed by atoms with Gasteiger partial charge in [0.25, 0.3) is 5.91 Å². The number of nitrogens with zero attached hydrogens (tertiary/aromatic N) is 3. The van der Waals surface area contributed by atoms with Crippen molar-refractivity contribution in [1.29, 1.82) is 0 Å². The van der Waals surface area contributed by atoms with Gasteiger partial charge in [0, 0.05) is 75.1 Å². The van der Waals surface area contributed by atoms with Crippen LogP contribution in [0.1, 0.15) is 40.7 Å². The van der Waals surface area contributed by atoms with Gasteiger partial charge in [-0.3, -0.25) is 9.59 Å². The van der Waals surface area contributed by atoms with Gasteiger partial charge in [-0.15, -0.1) is 0 Å². The van der Waals surface area contributed by atoms with Crippen LogP contribution in [0.2, 0.25) is 0 Å². The van der Waals surface area contributed by atoms with Gasteiger partial charge >= 0.3 is 0 Å². The number of amides is 1. The Morgan fingerprint density at radius 2 is 1.61 bits per heavy atom. The maximum Gasteiger partial charge on any atom is 0.251 e. The average molecular weight is 447 g/mol. The molecule has 0 radical (unpaired) electrons. The molecule has 1 aliphatic carbocycles. The predicted molar refractivity (Wildman–Crippen MR) is 132 cm³/mol. The third-order valence-corrected chi connectivity index (χ3v) is 7.46. The van der Waals surface area contributed by atoms with Gasteiger partial charge in [0.1, 0.15) is 5.78 Å². The van der Waals surface area contributed by atoms with Crippen molar-refractivity contribution in [2.75, 3.05) is 56.1 Å². The number of anilines is 2. The molecule has 1 amide bonds. The fraction of sp³-hybridized carbons (Fsp3) is 0.481. The van der Waals surface area contributed by atoms with Crippen molar-refractivity contribution in [3.8, 4) is 0 Å².